The van der Waals surface area contributed by atoms with Gasteiger partial charge in [0, 0.05) is 30.8 Å². The maximum atomic E-state index is 13.3. The minimum absolute atomic E-state index is 0.347. The normalized spacial score (nSPS) is 15.9. The number of hydrogen-bond acceptors (Lipinski definition) is 5. The van der Waals surface area contributed by atoms with Gasteiger partial charge in [-0.1, -0.05) is 50.1 Å². The Morgan fingerprint density at radius 2 is 1.88 bits per heavy atom. The molecule has 0 bridgehead atoms. The standard InChI is InChI=1S/C31H33F3N4O2/c1-3-21-7-4-10-25(17-21)37-27(19-28(35)31(32,33)34)29(39)38-26-11-5-8-23(18-26)30(40-2,15-14-22-12-13-22)24-9-6-16-36-20-24/h4-11,16-20,22H,3,12-15,35H2,1-2H3,(H,38,39). The van der Waals surface area contributed by atoms with Gasteiger partial charge < -0.3 is 15.8 Å². The maximum absolute atomic E-state index is 13.3. The van der Waals surface area contributed by atoms with Crippen LogP contribution in [0, 0.1) is 5.92 Å². The number of allylic oxidation sites excluding steroid dienone is 1. The van der Waals surface area contributed by atoms with Crippen LogP contribution >= 0.6 is 0 Å². The van der Waals surface area contributed by atoms with Gasteiger partial charge in [0.25, 0.3) is 5.91 Å². The van der Waals surface area contributed by atoms with E-state index in [0.29, 0.717) is 36.2 Å². The average molecular weight is 551 g/mol. The van der Waals surface area contributed by atoms with Crippen molar-refractivity contribution < 1.29 is 22.7 Å². The first-order valence-electron chi connectivity index (χ1n) is 13.2. The molecule has 3 N–H and O–H groups in total. The predicted octanol–water partition coefficient (Wildman–Crippen LogP) is 6.84. The summed E-state index contributed by atoms with van der Waals surface area (Å²) < 4.78 is 46.0. The van der Waals surface area contributed by atoms with E-state index in [1.54, 1.807) is 55.9 Å². The molecule has 9 heteroatoms. The molecule has 1 atom stereocenters. The van der Waals surface area contributed by atoms with E-state index in [4.69, 9.17) is 10.5 Å². The minimum Gasteiger partial charge on any atom is -0.395 e. The minimum atomic E-state index is -4.81. The first kappa shape index (κ1) is 29.0. The third-order valence-corrected chi connectivity index (χ3v) is 7.09. The molecule has 210 valence electrons. The topological polar surface area (TPSA) is 89.6 Å². The van der Waals surface area contributed by atoms with E-state index in [2.05, 4.69) is 15.3 Å². The Kier molecular flexibility index (Phi) is 9.04. The summed E-state index contributed by atoms with van der Waals surface area (Å²) in [5, 5.41) is 2.70. The number of ether oxygens (including phenoxy) is 1. The van der Waals surface area contributed by atoms with Gasteiger partial charge in [0.1, 0.15) is 17.0 Å². The van der Waals surface area contributed by atoms with Crippen LogP contribution in [0.25, 0.3) is 0 Å². The predicted molar refractivity (Wildman–Crippen MR) is 150 cm³/mol. The summed E-state index contributed by atoms with van der Waals surface area (Å²) in [6.07, 6.45) is 3.98. The van der Waals surface area contributed by atoms with Gasteiger partial charge in [-0.25, -0.2) is 4.99 Å². The number of methoxy groups -OCH3 is 1. The number of hydrogen-bond donors (Lipinski definition) is 2. The highest BCUT2D eigenvalue weighted by Crippen LogP contribution is 2.43. The molecule has 0 radical (unpaired) electrons. The first-order chi connectivity index (χ1) is 19.1. The van der Waals surface area contributed by atoms with Crippen LogP contribution in [0.15, 0.2) is 89.8 Å². The largest absolute Gasteiger partial charge is 0.430 e. The van der Waals surface area contributed by atoms with Crippen molar-refractivity contribution in [3.63, 3.8) is 0 Å². The van der Waals surface area contributed by atoms with Crippen molar-refractivity contribution in [1.82, 2.24) is 4.98 Å². The van der Waals surface area contributed by atoms with Crippen molar-refractivity contribution in [3.05, 3.63) is 102 Å². The number of carbonyl (C=O) groups excluding carboxylic acids is 1. The second-order valence-electron chi connectivity index (χ2n) is 9.91. The van der Waals surface area contributed by atoms with Gasteiger partial charge in [0.2, 0.25) is 0 Å². The Balaban J connectivity index is 1.69. The van der Waals surface area contributed by atoms with E-state index in [1.165, 1.54) is 12.8 Å². The van der Waals surface area contributed by atoms with E-state index >= 15 is 0 Å². The quantitative estimate of drug-likeness (QED) is 0.256. The summed E-state index contributed by atoms with van der Waals surface area (Å²) >= 11 is 0. The van der Waals surface area contributed by atoms with Gasteiger partial charge in [-0.3, -0.25) is 9.78 Å². The molecule has 1 aliphatic rings. The lowest BCUT2D eigenvalue weighted by Gasteiger charge is -2.34. The molecule has 1 unspecified atom stereocenters. The summed E-state index contributed by atoms with van der Waals surface area (Å²) in [5.41, 5.74) is 5.90. The first-order valence-corrected chi connectivity index (χ1v) is 13.2. The zero-order valence-electron chi connectivity index (χ0n) is 22.5. The van der Waals surface area contributed by atoms with Crippen LogP contribution in [0.4, 0.5) is 24.5 Å². The molecule has 1 aromatic heterocycles. The van der Waals surface area contributed by atoms with E-state index in [1.807, 2.05) is 31.2 Å². The molecular formula is C31H33F3N4O2. The molecule has 3 aromatic rings. The van der Waals surface area contributed by atoms with Crippen LogP contribution in [0.2, 0.25) is 0 Å². The Hall–Kier alpha value is -3.98. The lowest BCUT2D eigenvalue weighted by atomic mass is 9.82. The van der Waals surface area contributed by atoms with Crippen LogP contribution in [0.5, 0.6) is 0 Å². The van der Waals surface area contributed by atoms with E-state index < -0.39 is 29.1 Å². The second-order valence-corrected chi connectivity index (χ2v) is 9.91. The lowest BCUT2D eigenvalue weighted by Crippen LogP contribution is -2.31. The SMILES string of the molecule is CCc1cccc(N=C(C=C(N)C(F)(F)F)C(=O)Nc2cccc(C(CCC3CC3)(OC)c3cccnc3)c2)c1. The number of alkyl halides is 3. The molecule has 40 heavy (non-hydrogen) atoms. The van der Waals surface area contributed by atoms with Crippen molar-refractivity contribution >= 4 is 23.0 Å². The third-order valence-electron chi connectivity index (χ3n) is 7.09. The van der Waals surface area contributed by atoms with E-state index in [0.717, 1.165) is 23.1 Å². The highest BCUT2D eigenvalue weighted by Gasteiger charge is 2.37. The zero-order valence-corrected chi connectivity index (χ0v) is 22.5. The van der Waals surface area contributed by atoms with Gasteiger partial charge in [-0.2, -0.15) is 13.2 Å². The smallest absolute Gasteiger partial charge is 0.395 e. The van der Waals surface area contributed by atoms with Crippen LogP contribution in [-0.4, -0.2) is 29.9 Å². The van der Waals surface area contributed by atoms with E-state index in [-0.39, 0.29) is 0 Å². The molecule has 1 aliphatic carbocycles. The molecule has 0 aliphatic heterocycles. The van der Waals surface area contributed by atoms with Crippen LogP contribution in [0.1, 0.15) is 49.3 Å². The molecule has 2 aromatic carbocycles. The van der Waals surface area contributed by atoms with Crippen LogP contribution in [0.3, 0.4) is 0 Å². The molecule has 6 nitrogen and oxygen atoms in total. The number of anilines is 1. The fourth-order valence-corrected chi connectivity index (χ4v) is 4.61. The van der Waals surface area contributed by atoms with Crippen molar-refractivity contribution in [3.8, 4) is 0 Å². The molecular weight excluding hydrogens is 517 g/mol. The monoisotopic (exact) mass is 550 g/mol. The number of aryl methyl sites for hydroxylation is 1. The molecule has 1 amide bonds. The van der Waals surface area contributed by atoms with Gasteiger partial charge >= 0.3 is 6.18 Å². The van der Waals surface area contributed by atoms with Crippen molar-refractivity contribution in [1.29, 1.82) is 0 Å². The second kappa shape index (κ2) is 12.5. The summed E-state index contributed by atoms with van der Waals surface area (Å²) in [5.74, 6) is -0.168. The van der Waals surface area contributed by atoms with Gasteiger partial charge in [-0.05, 0) is 72.7 Å². The number of aromatic nitrogens is 1. The van der Waals surface area contributed by atoms with Crippen molar-refractivity contribution in [2.75, 3.05) is 12.4 Å². The maximum Gasteiger partial charge on any atom is 0.430 e. The van der Waals surface area contributed by atoms with Gasteiger partial charge in [-0.15, -0.1) is 0 Å². The van der Waals surface area contributed by atoms with Crippen molar-refractivity contribution in [2.45, 2.75) is 50.8 Å². The Morgan fingerprint density at radius 3 is 2.52 bits per heavy atom. The molecule has 0 saturated heterocycles. The van der Waals surface area contributed by atoms with Gasteiger partial charge in [0.05, 0.1) is 5.69 Å². The molecule has 0 spiro atoms. The molecule has 1 fully saturated rings. The van der Waals surface area contributed by atoms with Crippen LogP contribution < -0.4 is 11.1 Å². The number of nitrogens with zero attached hydrogens (tertiary/aromatic N) is 2. The average Bonchev–Trinajstić information content (AvgIpc) is 3.78. The summed E-state index contributed by atoms with van der Waals surface area (Å²) in [7, 11) is 1.64. The number of pyridine rings is 1. The number of amides is 1. The summed E-state index contributed by atoms with van der Waals surface area (Å²) in [6.45, 7) is 1.95. The highest BCUT2D eigenvalue weighted by molar-refractivity contribution is 6.47. The number of halogens is 3. The number of rotatable bonds is 11. The Morgan fingerprint density at radius 1 is 1.12 bits per heavy atom. The van der Waals surface area contributed by atoms with Crippen molar-refractivity contribution in [2.24, 2.45) is 16.6 Å². The highest BCUT2D eigenvalue weighted by atomic mass is 19.4. The Labute approximate surface area is 232 Å². The van der Waals surface area contributed by atoms with Crippen LogP contribution in [-0.2, 0) is 21.6 Å². The number of nitrogens with one attached hydrogen (secondary N) is 1. The zero-order chi connectivity index (χ0) is 28.8. The number of benzene rings is 2. The molecule has 4 rings (SSSR count). The number of aliphatic imine (C=N–C) groups is 1. The fraction of sp³-hybridized carbons (Fsp3) is 0.323. The molecule has 1 saturated carbocycles. The number of nitrogens with two attached hydrogens (primary N) is 1. The summed E-state index contributed by atoms with van der Waals surface area (Å²) in [6, 6.07) is 17.9. The lowest BCUT2D eigenvalue weighted by molar-refractivity contribution is -0.110. The third kappa shape index (κ3) is 7.15. The summed E-state index contributed by atoms with van der Waals surface area (Å²) in [4.78, 5) is 21.8. The van der Waals surface area contributed by atoms with Gasteiger partial charge in [0.15, 0.2) is 0 Å². The number of carbonyl (C=O) groups is 1. The molecule has 1 heterocycles. The Bertz CT molecular complexity index is 1380. The van der Waals surface area contributed by atoms with E-state index in [9.17, 15) is 18.0 Å². The fourth-order valence-electron chi connectivity index (χ4n) is 4.61.